The quantitative estimate of drug-likeness (QED) is 0.414. The van der Waals surface area contributed by atoms with Crippen LogP contribution < -0.4 is 0 Å². The molecule has 0 unspecified atom stereocenters. The van der Waals surface area contributed by atoms with E-state index in [1.807, 2.05) is 60.7 Å². The summed E-state index contributed by atoms with van der Waals surface area (Å²) in [5, 5.41) is 0. The second-order valence-electron chi connectivity index (χ2n) is 8.36. The van der Waals surface area contributed by atoms with Gasteiger partial charge in [0.05, 0.1) is 11.6 Å². The molecule has 0 aromatic heterocycles. The first kappa shape index (κ1) is 22.6. The minimum Gasteiger partial charge on any atom is -0.445 e. The highest BCUT2D eigenvalue weighted by Crippen LogP contribution is 2.37. The summed E-state index contributed by atoms with van der Waals surface area (Å²) in [6, 6.07) is 18.7. The van der Waals surface area contributed by atoms with Crippen LogP contribution in [0.1, 0.15) is 36.8 Å². The van der Waals surface area contributed by atoms with Crippen molar-refractivity contribution < 1.29 is 23.8 Å². The fourth-order valence-electron chi connectivity index (χ4n) is 4.39. The van der Waals surface area contributed by atoms with E-state index in [9.17, 15) is 9.59 Å². The highest BCUT2D eigenvalue weighted by molar-refractivity contribution is 5.70. The van der Waals surface area contributed by atoms with Crippen LogP contribution in [0.5, 0.6) is 0 Å². The Bertz CT molecular complexity index is 988. The van der Waals surface area contributed by atoms with Gasteiger partial charge < -0.3 is 14.2 Å². The first-order valence-corrected chi connectivity index (χ1v) is 11.3. The van der Waals surface area contributed by atoms with Gasteiger partial charge in [0.2, 0.25) is 0 Å². The summed E-state index contributed by atoms with van der Waals surface area (Å²) in [6.07, 6.45) is 10.2. The summed E-state index contributed by atoms with van der Waals surface area (Å²) in [6.45, 7) is 0.379. The lowest BCUT2D eigenvalue weighted by Gasteiger charge is -2.48. The van der Waals surface area contributed by atoms with Gasteiger partial charge in [-0.2, -0.15) is 0 Å². The van der Waals surface area contributed by atoms with E-state index < -0.39 is 17.8 Å². The molecule has 1 heterocycles. The maximum absolute atomic E-state index is 13.3. The molecule has 2 aliphatic rings. The molecule has 0 N–H and O–H groups in total. The molecule has 0 saturated carbocycles. The first-order chi connectivity index (χ1) is 16.2. The molecule has 2 atom stereocenters. The summed E-state index contributed by atoms with van der Waals surface area (Å²) >= 11 is 0. The predicted molar refractivity (Wildman–Crippen MR) is 124 cm³/mol. The average molecular weight is 448 g/mol. The Hall–Kier alpha value is -3.54. The molecule has 33 heavy (non-hydrogen) atoms. The number of benzene rings is 2. The van der Waals surface area contributed by atoms with Crippen molar-refractivity contribution in [2.24, 2.45) is 0 Å². The summed E-state index contributed by atoms with van der Waals surface area (Å²) in [4.78, 5) is 27.3. The van der Waals surface area contributed by atoms with Crippen molar-refractivity contribution in [1.82, 2.24) is 4.90 Å². The molecular weight excluding hydrogens is 418 g/mol. The Labute approximate surface area is 194 Å². The topological polar surface area (TPSA) is 65.1 Å². The smallest absolute Gasteiger partial charge is 0.445 e. The van der Waals surface area contributed by atoms with Crippen LogP contribution in [0.4, 0.5) is 9.59 Å². The van der Waals surface area contributed by atoms with Gasteiger partial charge in [-0.05, 0) is 36.8 Å². The van der Waals surface area contributed by atoms with Gasteiger partial charge in [0, 0.05) is 0 Å². The summed E-state index contributed by atoms with van der Waals surface area (Å²) in [5.74, 6) is 0. The van der Waals surface area contributed by atoms with E-state index in [0.29, 0.717) is 12.8 Å². The van der Waals surface area contributed by atoms with Crippen molar-refractivity contribution in [2.45, 2.75) is 50.5 Å². The Balaban J connectivity index is 1.41. The van der Waals surface area contributed by atoms with Gasteiger partial charge in [-0.25, -0.2) is 9.59 Å². The third-order valence-electron chi connectivity index (χ3n) is 6.06. The molecule has 1 aliphatic heterocycles. The number of rotatable bonds is 6. The second kappa shape index (κ2) is 10.9. The number of amides is 1. The van der Waals surface area contributed by atoms with Gasteiger partial charge in [-0.1, -0.05) is 85.0 Å². The van der Waals surface area contributed by atoms with E-state index in [0.717, 1.165) is 24.0 Å². The molecular formula is C27H29NO5. The largest absolute Gasteiger partial charge is 0.508 e. The zero-order chi connectivity index (χ0) is 22.9. The molecule has 2 aromatic carbocycles. The summed E-state index contributed by atoms with van der Waals surface area (Å²) in [7, 11) is 0. The van der Waals surface area contributed by atoms with E-state index in [1.165, 1.54) is 0 Å². The van der Waals surface area contributed by atoms with E-state index in [4.69, 9.17) is 14.2 Å². The van der Waals surface area contributed by atoms with Gasteiger partial charge in [-0.3, -0.25) is 4.90 Å². The van der Waals surface area contributed by atoms with Crippen molar-refractivity contribution in [3.8, 4) is 0 Å². The molecule has 1 aliphatic carbocycles. The van der Waals surface area contributed by atoms with Crippen molar-refractivity contribution in [1.29, 1.82) is 0 Å². The second-order valence-corrected chi connectivity index (χ2v) is 8.36. The molecule has 2 aromatic rings. The van der Waals surface area contributed by atoms with E-state index >= 15 is 0 Å². The lowest BCUT2D eigenvalue weighted by Crippen LogP contribution is -2.59. The Morgan fingerprint density at radius 3 is 2.15 bits per heavy atom. The van der Waals surface area contributed by atoms with Crippen LogP contribution in [0.15, 0.2) is 85.0 Å². The molecule has 0 fully saturated rings. The maximum atomic E-state index is 13.3. The van der Waals surface area contributed by atoms with Crippen LogP contribution in [0, 0.1) is 0 Å². The van der Waals surface area contributed by atoms with Crippen LogP contribution in [-0.2, 0) is 27.4 Å². The predicted octanol–water partition coefficient (Wildman–Crippen LogP) is 5.79. The minimum absolute atomic E-state index is 0.0455. The van der Waals surface area contributed by atoms with Crippen LogP contribution in [0.2, 0.25) is 0 Å². The Morgan fingerprint density at radius 1 is 0.848 bits per heavy atom. The lowest BCUT2D eigenvalue weighted by atomic mass is 9.80. The van der Waals surface area contributed by atoms with Crippen LogP contribution >= 0.6 is 0 Å². The monoisotopic (exact) mass is 447 g/mol. The maximum Gasteiger partial charge on any atom is 0.508 e. The number of allylic oxidation sites excluding steroid dienone is 1. The molecule has 0 bridgehead atoms. The normalized spacial score (nSPS) is 21.6. The highest BCUT2D eigenvalue weighted by atomic mass is 16.7. The molecule has 172 valence electrons. The average Bonchev–Trinajstić information content (AvgIpc) is 2.86. The molecule has 4 rings (SSSR count). The summed E-state index contributed by atoms with van der Waals surface area (Å²) < 4.78 is 16.3. The third kappa shape index (κ3) is 5.83. The molecule has 0 saturated heterocycles. The van der Waals surface area contributed by atoms with Gasteiger partial charge in [0.25, 0.3) is 0 Å². The Morgan fingerprint density at radius 2 is 1.52 bits per heavy atom. The van der Waals surface area contributed by atoms with Crippen LogP contribution in [0.25, 0.3) is 0 Å². The Kier molecular flexibility index (Phi) is 7.45. The number of carbonyl (C=O) groups excluding carboxylic acids is 2. The number of carbonyl (C=O) groups is 2. The zero-order valence-corrected chi connectivity index (χ0v) is 18.6. The van der Waals surface area contributed by atoms with E-state index in [-0.39, 0.29) is 25.9 Å². The van der Waals surface area contributed by atoms with E-state index in [1.54, 1.807) is 4.90 Å². The van der Waals surface area contributed by atoms with E-state index in [2.05, 4.69) is 24.3 Å². The highest BCUT2D eigenvalue weighted by Gasteiger charge is 2.44. The number of ether oxygens (including phenoxy) is 3. The molecule has 6 heteroatoms. The number of hydrogen-bond acceptors (Lipinski definition) is 5. The van der Waals surface area contributed by atoms with Crippen LogP contribution in [-0.4, -0.2) is 35.3 Å². The van der Waals surface area contributed by atoms with Crippen molar-refractivity contribution in [2.75, 3.05) is 6.61 Å². The fraction of sp³-hybridized carbons (Fsp3) is 0.333. The molecule has 1 amide bonds. The SMILES string of the molecule is O=C(OCc1ccccc1)OC[C@H]1CC=C[C@]2(CC=CCC2)N1C(=O)OCc1ccccc1. The molecule has 1 spiro atoms. The van der Waals surface area contributed by atoms with Gasteiger partial charge in [0.1, 0.15) is 19.8 Å². The van der Waals surface area contributed by atoms with Crippen molar-refractivity contribution in [3.05, 3.63) is 96.1 Å². The summed E-state index contributed by atoms with van der Waals surface area (Å²) in [5.41, 5.74) is 1.34. The van der Waals surface area contributed by atoms with Gasteiger partial charge in [-0.15, -0.1) is 0 Å². The first-order valence-electron chi connectivity index (χ1n) is 11.3. The van der Waals surface area contributed by atoms with Crippen LogP contribution in [0.3, 0.4) is 0 Å². The van der Waals surface area contributed by atoms with Gasteiger partial charge >= 0.3 is 12.2 Å². The number of nitrogens with zero attached hydrogens (tertiary/aromatic N) is 1. The van der Waals surface area contributed by atoms with Crippen molar-refractivity contribution >= 4 is 12.2 Å². The lowest BCUT2D eigenvalue weighted by molar-refractivity contribution is -0.00744. The third-order valence-corrected chi connectivity index (χ3v) is 6.06. The number of hydrogen-bond donors (Lipinski definition) is 0. The fourth-order valence-corrected chi connectivity index (χ4v) is 4.39. The standard InChI is InChI=1S/C27H29NO5/c29-25(31-19-22-11-4-1-5-12-22)28-24(15-10-18-27(28)16-8-3-9-17-27)21-33-26(30)32-20-23-13-6-2-7-14-23/h1-8,10-14,18,24H,9,15-17,19-21H2/t24-,27-/m1/s1. The zero-order valence-electron chi connectivity index (χ0n) is 18.6. The van der Waals surface area contributed by atoms with Crippen molar-refractivity contribution in [3.63, 3.8) is 0 Å². The molecule has 6 nitrogen and oxygen atoms in total. The molecule has 0 radical (unpaired) electrons. The van der Waals surface area contributed by atoms with Gasteiger partial charge in [0.15, 0.2) is 0 Å². The minimum atomic E-state index is -0.747.